The number of hydrogen-bond acceptors (Lipinski definition) is 9. The predicted octanol–water partition coefficient (Wildman–Crippen LogP) is 2.34. The third kappa shape index (κ3) is 12.6. The van der Waals surface area contributed by atoms with Crippen molar-refractivity contribution in [2.75, 3.05) is 39.2 Å². The number of ether oxygens (including phenoxy) is 2. The van der Waals surface area contributed by atoms with Crippen LogP contribution in [0.25, 0.3) is 0 Å². The van der Waals surface area contributed by atoms with Gasteiger partial charge >= 0.3 is 12.0 Å². The summed E-state index contributed by atoms with van der Waals surface area (Å²) in [6.45, 7) is 8.99. The number of carbonyl (C=O) groups is 5. The lowest BCUT2D eigenvalue weighted by Crippen LogP contribution is -2.37. The average molecular weight is 601 g/mol. The van der Waals surface area contributed by atoms with Gasteiger partial charge in [-0.05, 0) is 53.4 Å². The molecule has 2 fully saturated rings. The van der Waals surface area contributed by atoms with Gasteiger partial charge in [-0.25, -0.2) is 9.59 Å². The number of aldehydes is 1. The Hall–Kier alpha value is -2.38. The van der Waals surface area contributed by atoms with Gasteiger partial charge in [-0.1, -0.05) is 6.42 Å². The summed E-state index contributed by atoms with van der Waals surface area (Å²) in [5.74, 6) is -0.0259. The predicted molar refractivity (Wildman–Crippen MR) is 155 cm³/mol. The number of hydrogen-bond donors (Lipinski definition) is 3. The molecule has 41 heavy (non-hydrogen) atoms. The van der Waals surface area contributed by atoms with E-state index in [9.17, 15) is 24.0 Å². The monoisotopic (exact) mass is 600 g/mol. The highest BCUT2D eigenvalue weighted by Gasteiger charge is 2.42. The Labute approximate surface area is 247 Å². The number of nitrogens with zero attached hydrogens (tertiary/aromatic N) is 1. The zero-order valence-corrected chi connectivity index (χ0v) is 25.9. The third-order valence-corrected chi connectivity index (χ3v) is 8.83. The molecule has 13 heteroatoms. The van der Waals surface area contributed by atoms with Crippen molar-refractivity contribution in [3.05, 3.63) is 0 Å². The zero-order valence-electron chi connectivity index (χ0n) is 25.1. The molecule has 0 saturated carbocycles. The summed E-state index contributed by atoms with van der Waals surface area (Å²) >= 11 is 1.89. The smallest absolute Gasteiger partial charge is 0.338 e. The zero-order chi connectivity index (χ0) is 30.5. The van der Waals surface area contributed by atoms with Crippen LogP contribution in [0.4, 0.5) is 4.79 Å². The largest absolute Gasteiger partial charge is 0.380 e. The number of carbonyl (C=O) groups excluding carboxylic acids is 5. The molecule has 3 unspecified atom stereocenters. The van der Waals surface area contributed by atoms with Crippen LogP contribution in [0.1, 0.15) is 79.1 Å². The minimum atomic E-state index is -0.867. The van der Waals surface area contributed by atoms with Gasteiger partial charge in [-0.3, -0.25) is 9.59 Å². The molecule has 2 heterocycles. The molecule has 0 spiro atoms. The van der Waals surface area contributed by atoms with Gasteiger partial charge in [0, 0.05) is 57.1 Å². The molecule has 2 aliphatic heterocycles. The van der Waals surface area contributed by atoms with Crippen molar-refractivity contribution in [2.45, 2.75) is 102 Å². The highest BCUT2D eigenvalue weighted by atomic mass is 32.2. The number of unbranched alkanes of at least 4 members (excludes halogenated alkanes) is 1. The fourth-order valence-electron chi connectivity index (χ4n) is 4.44. The number of rotatable bonds is 19. The van der Waals surface area contributed by atoms with Crippen molar-refractivity contribution in [3.8, 4) is 0 Å². The van der Waals surface area contributed by atoms with E-state index >= 15 is 0 Å². The Morgan fingerprint density at radius 1 is 1.07 bits per heavy atom. The molecular formula is C28H48N4O8S. The van der Waals surface area contributed by atoms with Gasteiger partial charge in [0.1, 0.15) is 6.29 Å². The molecule has 0 radical (unpaired) electrons. The average Bonchev–Trinajstić information content (AvgIpc) is 3.45. The lowest BCUT2D eigenvalue weighted by molar-refractivity contribution is -0.201. The molecule has 3 N–H and O–H groups in total. The maximum absolute atomic E-state index is 12.5. The van der Waals surface area contributed by atoms with E-state index in [1.54, 1.807) is 13.8 Å². The van der Waals surface area contributed by atoms with Crippen LogP contribution in [-0.2, 0) is 33.5 Å². The maximum Gasteiger partial charge on any atom is 0.338 e. The summed E-state index contributed by atoms with van der Waals surface area (Å²) in [6.07, 6.45) is 4.98. The molecule has 2 aliphatic rings. The summed E-state index contributed by atoms with van der Waals surface area (Å²) in [6, 6.07) is 0.361. The molecule has 0 aromatic rings. The van der Waals surface area contributed by atoms with E-state index in [2.05, 4.69) is 16.0 Å². The van der Waals surface area contributed by atoms with E-state index in [1.165, 1.54) is 7.05 Å². The fraction of sp³-hybridized carbons (Fsp3) is 0.821. The molecule has 0 aliphatic carbocycles. The highest BCUT2D eigenvalue weighted by Crippen LogP contribution is 2.33. The standard InChI is InChI=1S/C28H48N4O8S/c1-27(2,25(36)40-32(5)23(35)11-8-15-33)12-17-39-28(3,4)13-16-38-18-14-29-22(34)10-7-6-9-21-24-20(19-41-21)30-26(37)31-24/h15,20-21,24H,6-14,16-19H2,1-5H3,(H,29,34)(H2,30,31,37). The molecule has 12 nitrogen and oxygen atoms in total. The first-order valence-corrected chi connectivity index (χ1v) is 15.5. The molecule has 2 rings (SSSR count). The van der Waals surface area contributed by atoms with Crippen molar-refractivity contribution in [1.82, 2.24) is 21.0 Å². The summed E-state index contributed by atoms with van der Waals surface area (Å²) in [4.78, 5) is 63.5. The molecule has 0 bridgehead atoms. The quantitative estimate of drug-likeness (QED) is 0.0878. The lowest BCUT2D eigenvalue weighted by atomic mass is 9.90. The van der Waals surface area contributed by atoms with Gasteiger partial charge in [0.05, 0.1) is 29.7 Å². The Balaban J connectivity index is 1.49. The van der Waals surface area contributed by atoms with Gasteiger partial charge in [0.15, 0.2) is 0 Å². The second-order valence-corrected chi connectivity index (χ2v) is 13.1. The Kier molecular flexibility index (Phi) is 14.4. The normalized spacial score (nSPS) is 20.1. The summed E-state index contributed by atoms with van der Waals surface area (Å²) in [5, 5.41) is 10.1. The molecule has 4 amide bonds. The first kappa shape index (κ1) is 34.8. The number of fused-ring (bicyclic) bond motifs is 1. The van der Waals surface area contributed by atoms with E-state index in [4.69, 9.17) is 14.3 Å². The third-order valence-electron chi connectivity index (χ3n) is 7.32. The minimum Gasteiger partial charge on any atom is -0.380 e. The SMILES string of the molecule is CN(OC(=O)C(C)(C)CCOC(C)(C)CCOCCNC(=O)CCCCC1SCC2NC(=O)NC21)C(=O)CCC=O. The second kappa shape index (κ2) is 16.9. The molecule has 0 aromatic carbocycles. The van der Waals surface area contributed by atoms with Crippen LogP contribution in [0.5, 0.6) is 0 Å². The molecule has 234 valence electrons. The van der Waals surface area contributed by atoms with E-state index in [0.29, 0.717) is 57.2 Å². The Bertz CT molecular complexity index is 900. The van der Waals surface area contributed by atoms with Crippen molar-refractivity contribution < 1.29 is 38.3 Å². The van der Waals surface area contributed by atoms with Crippen LogP contribution in [0.15, 0.2) is 0 Å². The molecule has 3 atom stereocenters. The van der Waals surface area contributed by atoms with Crippen LogP contribution in [0.3, 0.4) is 0 Å². The second-order valence-electron chi connectivity index (χ2n) is 11.8. The molecule has 0 aromatic heterocycles. The van der Waals surface area contributed by atoms with E-state index in [-0.39, 0.29) is 36.9 Å². The number of urea groups is 1. The van der Waals surface area contributed by atoms with E-state index in [0.717, 1.165) is 30.1 Å². The molecular weight excluding hydrogens is 552 g/mol. The van der Waals surface area contributed by atoms with Gasteiger partial charge in [-0.15, -0.1) is 0 Å². The maximum atomic E-state index is 12.5. The highest BCUT2D eigenvalue weighted by molar-refractivity contribution is 8.00. The van der Waals surface area contributed by atoms with Gasteiger partial charge in [0.2, 0.25) is 5.91 Å². The number of amides is 4. The van der Waals surface area contributed by atoms with Crippen LogP contribution in [0.2, 0.25) is 0 Å². The van der Waals surface area contributed by atoms with Crippen molar-refractivity contribution in [3.63, 3.8) is 0 Å². The lowest BCUT2D eigenvalue weighted by Gasteiger charge is -2.29. The summed E-state index contributed by atoms with van der Waals surface area (Å²) in [7, 11) is 1.36. The van der Waals surface area contributed by atoms with Crippen molar-refractivity contribution >= 4 is 41.9 Å². The van der Waals surface area contributed by atoms with Crippen LogP contribution < -0.4 is 16.0 Å². The van der Waals surface area contributed by atoms with E-state index in [1.807, 2.05) is 25.6 Å². The van der Waals surface area contributed by atoms with Crippen molar-refractivity contribution in [2.24, 2.45) is 5.41 Å². The summed E-state index contributed by atoms with van der Waals surface area (Å²) in [5.41, 5.74) is -1.34. The number of hydroxylamine groups is 2. The first-order valence-electron chi connectivity index (χ1n) is 14.4. The van der Waals surface area contributed by atoms with Crippen LogP contribution in [0, 0.1) is 5.41 Å². The minimum absolute atomic E-state index is 0.0120. The topological polar surface area (TPSA) is 152 Å². The van der Waals surface area contributed by atoms with Gasteiger partial charge in [0.25, 0.3) is 5.91 Å². The van der Waals surface area contributed by atoms with Crippen LogP contribution >= 0.6 is 11.8 Å². The summed E-state index contributed by atoms with van der Waals surface area (Å²) < 4.78 is 11.7. The Morgan fingerprint density at radius 2 is 1.83 bits per heavy atom. The van der Waals surface area contributed by atoms with Crippen molar-refractivity contribution in [1.29, 1.82) is 0 Å². The van der Waals surface area contributed by atoms with Gasteiger partial charge < -0.3 is 35.1 Å². The number of thioether (sulfide) groups is 1. The number of nitrogens with one attached hydrogen (secondary N) is 3. The van der Waals surface area contributed by atoms with Crippen LogP contribution in [-0.4, -0.2) is 97.3 Å². The molecule has 2 saturated heterocycles. The fourth-order valence-corrected chi connectivity index (χ4v) is 5.98. The van der Waals surface area contributed by atoms with E-state index < -0.39 is 22.9 Å². The first-order chi connectivity index (χ1) is 19.3. The Morgan fingerprint density at radius 3 is 2.56 bits per heavy atom. The van der Waals surface area contributed by atoms with Gasteiger partial charge in [-0.2, -0.15) is 16.8 Å².